The number of hydrogen-bond acceptors (Lipinski definition) is 4. The van der Waals surface area contributed by atoms with Gasteiger partial charge in [-0.15, -0.1) is 0 Å². The summed E-state index contributed by atoms with van der Waals surface area (Å²) in [4.78, 5) is 4.33. The van der Waals surface area contributed by atoms with Crippen LogP contribution in [-0.4, -0.2) is 12.1 Å². The fourth-order valence-electron chi connectivity index (χ4n) is 1.50. The molecule has 3 nitrogen and oxygen atoms in total. The molecule has 0 spiro atoms. The van der Waals surface area contributed by atoms with Crippen LogP contribution in [0.25, 0.3) is 0 Å². The van der Waals surface area contributed by atoms with Crippen molar-refractivity contribution < 1.29 is 9.15 Å². The second-order valence-corrected chi connectivity index (χ2v) is 5.23. The van der Waals surface area contributed by atoms with Gasteiger partial charge in [0.05, 0.1) is 12.8 Å². The Morgan fingerprint density at radius 2 is 2.17 bits per heavy atom. The van der Waals surface area contributed by atoms with Crippen molar-refractivity contribution in [3.8, 4) is 5.75 Å². The van der Waals surface area contributed by atoms with Gasteiger partial charge >= 0.3 is 0 Å². The van der Waals surface area contributed by atoms with E-state index in [0.717, 1.165) is 22.8 Å². The Balaban J connectivity index is 2.12. The smallest absolute Gasteiger partial charge is 0.256 e. The number of hydrogen-bond donors (Lipinski definition) is 0. The molecule has 1 aromatic carbocycles. The average molecular weight is 284 g/mol. The first-order chi connectivity index (χ1) is 8.60. The fraction of sp³-hybridized carbons (Fsp3) is 0.308. The summed E-state index contributed by atoms with van der Waals surface area (Å²) in [5, 5.41) is 1.37. The van der Waals surface area contributed by atoms with E-state index in [9.17, 15) is 0 Å². The molecular formula is C13H14ClNO2S. The van der Waals surface area contributed by atoms with E-state index >= 15 is 0 Å². The van der Waals surface area contributed by atoms with Gasteiger partial charge in [0.1, 0.15) is 11.5 Å². The Labute approximate surface area is 116 Å². The lowest BCUT2D eigenvalue weighted by molar-refractivity contribution is 0.411. The van der Waals surface area contributed by atoms with Crippen molar-refractivity contribution in [3.05, 3.63) is 40.2 Å². The van der Waals surface area contributed by atoms with Crippen LogP contribution in [0.3, 0.4) is 0 Å². The predicted molar refractivity (Wildman–Crippen MR) is 73.5 cm³/mol. The molecule has 0 N–H and O–H groups in total. The number of benzene rings is 1. The van der Waals surface area contributed by atoms with Gasteiger partial charge in [-0.25, -0.2) is 4.98 Å². The van der Waals surface area contributed by atoms with Crippen LogP contribution in [0.1, 0.15) is 17.0 Å². The first kappa shape index (κ1) is 13.3. The minimum atomic E-state index is 0.673. The van der Waals surface area contributed by atoms with E-state index in [1.165, 1.54) is 11.8 Å². The van der Waals surface area contributed by atoms with Gasteiger partial charge in [-0.1, -0.05) is 23.4 Å². The minimum Gasteiger partial charge on any atom is -0.496 e. The highest BCUT2D eigenvalue weighted by Gasteiger charge is 2.09. The maximum atomic E-state index is 5.98. The van der Waals surface area contributed by atoms with Crippen LogP contribution in [0.5, 0.6) is 5.75 Å². The van der Waals surface area contributed by atoms with Crippen LogP contribution in [0.2, 0.25) is 5.02 Å². The Morgan fingerprint density at radius 1 is 1.39 bits per heavy atom. The van der Waals surface area contributed by atoms with Gasteiger partial charge < -0.3 is 9.15 Å². The molecule has 0 saturated heterocycles. The third kappa shape index (κ3) is 3.00. The molecule has 1 heterocycles. The summed E-state index contributed by atoms with van der Waals surface area (Å²) in [7, 11) is 1.65. The molecule has 0 aliphatic rings. The Hall–Kier alpha value is -1.13. The maximum absolute atomic E-state index is 5.98. The molecule has 0 fully saturated rings. The monoisotopic (exact) mass is 283 g/mol. The van der Waals surface area contributed by atoms with Gasteiger partial charge in [0.15, 0.2) is 0 Å². The summed E-state index contributed by atoms with van der Waals surface area (Å²) in [5.74, 6) is 2.39. The number of ether oxygens (including phenoxy) is 1. The molecule has 5 heteroatoms. The van der Waals surface area contributed by atoms with Crippen molar-refractivity contribution >= 4 is 23.4 Å². The number of halogens is 1. The fourth-order valence-corrected chi connectivity index (χ4v) is 2.59. The van der Waals surface area contributed by atoms with Gasteiger partial charge in [0.25, 0.3) is 5.22 Å². The van der Waals surface area contributed by atoms with E-state index in [-0.39, 0.29) is 0 Å². The molecule has 1 aromatic heterocycles. The van der Waals surface area contributed by atoms with Crippen molar-refractivity contribution in [2.45, 2.75) is 24.8 Å². The van der Waals surface area contributed by atoms with Crippen LogP contribution in [0, 0.1) is 13.8 Å². The lowest BCUT2D eigenvalue weighted by atomic mass is 10.2. The maximum Gasteiger partial charge on any atom is 0.256 e. The van der Waals surface area contributed by atoms with Crippen molar-refractivity contribution in [3.63, 3.8) is 0 Å². The van der Waals surface area contributed by atoms with Crippen LogP contribution in [0.4, 0.5) is 0 Å². The molecule has 2 aromatic rings. The van der Waals surface area contributed by atoms with Gasteiger partial charge in [-0.05, 0) is 32.0 Å². The zero-order valence-corrected chi connectivity index (χ0v) is 12.1. The molecule has 18 heavy (non-hydrogen) atoms. The van der Waals surface area contributed by atoms with E-state index in [1.807, 2.05) is 32.0 Å². The summed E-state index contributed by atoms with van der Waals surface area (Å²) in [6, 6.07) is 5.58. The molecule has 96 valence electrons. The lowest BCUT2D eigenvalue weighted by Crippen LogP contribution is -1.90. The minimum absolute atomic E-state index is 0.673. The summed E-state index contributed by atoms with van der Waals surface area (Å²) >= 11 is 7.51. The summed E-state index contributed by atoms with van der Waals surface area (Å²) in [6.45, 7) is 3.84. The van der Waals surface area contributed by atoms with Crippen molar-refractivity contribution in [1.82, 2.24) is 4.98 Å². The molecule has 0 unspecified atom stereocenters. The highest BCUT2D eigenvalue weighted by Crippen LogP contribution is 2.30. The second kappa shape index (κ2) is 5.67. The molecule has 0 atom stereocenters. The number of nitrogens with zero attached hydrogens (tertiary/aromatic N) is 1. The lowest BCUT2D eigenvalue weighted by Gasteiger charge is -2.07. The average Bonchev–Trinajstić information content (AvgIpc) is 2.66. The van der Waals surface area contributed by atoms with Gasteiger partial charge in [0, 0.05) is 16.3 Å². The number of thioether (sulfide) groups is 1. The summed E-state index contributed by atoms with van der Waals surface area (Å²) in [6.07, 6.45) is 0. The normalized spacial score (nSPS) is 10.7. The topological polar surface area (TPSA) is 35.3 Å². The van der Waals surface area contributed by atoms with E-state index in [2.05, 4.69) is 4.98 Å². The Morgan fingerprint density at radius 3 is 2.78 bits per heavy atom. The zero-order valence-electron chi connectivity index (χ0n) is 10.5. The molecule has 0 bridgehead atoms. The first-order valence-electron chi connectivity index (χ1n) is 5.49. The van der Waals surface area contributed by atoms with Gasteiger partial charge in [-0.2, -0.15) is 0 Å². The van der Waals surface area contributed by atoms with Crippen LogP contribution in [0.15, 0.2) is 27.8 Å². The van der Waals surface area contributed by atoms with E-state index in [1.54, 1.807) is 7.11 Å². The van der Waals surface area contributed by atoms with Crippen molar-refractivity contribution in [2.24, 2.45) is 0 Å². The molecule has 0 amide bonds. The zero-order chi connectivity index (χ0) is 13.1. The molecule has 0 saturated carbocycles. The van der Waals surface area contributed by atoms with E-state index in [0.29, 0.717) is 16.0 Å². The van der Waals surface area contributed by atoms with Crippen LogP contribution in [-0.2, 0) is 5.75 Å². The molecule has 0 aliphatic heterocycles. The van der Waals surface area contributed by atoms with Gasteiger partial charge in [0.2, 0.25) is 0 Å². The van der Waals surface area contributed by atoms with Gasteiger partial charge in [-0.3, -0.25) is 0 Å². The second-order valence-electron chi connectivity index (χ2n) is 3.87. The molecule has 0 aliphatic carbocycles. The highest BCUT2D eigenvalue weighted by atomic mass is 35.5. The quantitative estimate of drug-likeness (QED) is 0.786. The predicted octanol–water partition coefficient (Wildman–Crippen LogP) is 4.25. The Bertz CT molecular complexity index is 534. The third-order valence-corrected chi connectivity index (χ3v) is 3.71. The molecular weight excluding hydrogens is 270 g/mol. The molecule has 0 radical (unpaired) electrons. The van der Waals surface area contributed by atoms with Crippen molar-refractivity contribution in [2.75, 3.05) is 7.11 Å². The molecule has 2 rings (SSSR count). The Kier molecular flexibility index (Phi) is 4.19. The highest BCUT2D eigenvalue weighted by molar-refractivity contribution is 7.98. The largest absolute Gasteiger partial charge is 0.496 e. The number of methoxy groups -OCH3 is 1. The standard InChI is InChI=1S/C13H14ClNO2S/c1-8-9(2)17-13(15-8)18-7-10-6-11(14)4-5-12(10)16-3/h4-6H,7H2,1-3H3. The number of aryl methyl sites for hydroxylation is 2. The van der Waals surface area contributed by atoms with E-state index < -0.39 is 0 Å². The summed E-state index contributed by atoms with van der Waals surface area (Å²) < 4.78 is 10.8. The number of rotatable bonds is 4. The third-order valence-electron chi connectivity index (χ3n) is 2.60. The van der Waals surface area contributed by atoms with Crippen molar-refractivity contribution in [1.29, 1.82) is 0 Å². The number of aromatic nitrogens is 1. The number of oxazole rings is 1. The first-order valence-corrected chi connectivity index (χ1v) is 6.85. The van der Waals surface area contributed by atoms with E-state index in [4.69, 9.17) is 20.8 Å². The van der Waals surface area contributed by atoms with Crippen LogP contribution < -0.4 is 4.74 Å². The van der Waals surface area contributed by atoms with Crippen LogP contribution >= 0.6 is 23.4 Å². The summed E-state index contributed by atoms with van der Waals surface area (Å²) in [5.41, 5.74) is 1.96. The SMILES string of the molecule is COc1ccc(Cl)cc1CSc1nc(C)c(C)o1.